The van der Waals surface area contributed by atoms with Crippen LogP contribution in [0.5, 0.6) is 0 Å². The Kier molecular flexibility index (Phi) is 4.34. The van der Waals surface area contributed by atoms with Gasteiger partial charge >= 0.3 is 0 Å². The molecule has 1 unspecified atom stereocenters. The summed E-state index contributed by atoms with van der Waals surface area (Å²) in [5.74, 6) is 0.472. The van der Waals surface area contributed by atoms with E-state index in [0.717, 1.165) is 32.2 Å². The Labute approximate surface area is 129 Å². The number of nitrogens with zero attached hydrogens (tertiary/aromatic N) is 2. The molecule has 3 aliphatic rings. The van der Waals surface area contributed by atoms with Crippen molar-refractivity contribution >= 4 is 10.2 Å². The van der Waals surface area contributed by atoms with Crippen molar-refractivity contribution < 1.29 is 8.42 Å². The SMILES string of the molecule is CC1(C)CCCN1S(=O)(=O)N1CCCC(CNC2CC2)C1. The second kappa shape index (κ2) is 5.80. The second-order valence-corrected chi connectivity index (χ2v) is 9.40. The zero-order chi connectivity index (χ0) is 15.1. The summed E-state index contributed by atoms with van der Waals surface area (Å²) in [5, 5.41) is 3.55. The quantitative estimate of drug-likeness (QED) is 0.838. The van der Waals surface area contributed by atoms with Crippen molar-refractivity contribution in [2.24, 2.45) is 5.92 Å². The smallest absolute Gasteiger partial charge is 0.282 e. The van der Waals surface area contributed by atoms with Crippen LogP contribution in [0.15, 0.2) is 0 Å². The van der Waals surface area contributed by atoms with E-state index in [4.69, 9.17) is 0 Å². The van der Waals surface area contributed by atoms with Crippen molar-refractivity contribution in [1.82, 2.24) is 13.9 Å². The van der Waals surface area contributed by atoms with E-state index in [9.17, 15) is 8.42 Å². The van der Waals surface area contributed by atoms with E-state index in [1.165, 1.54) is 12.8 Å². The van der Waals surface area contributed by atoms with E-state index in [-0.39, 0.29) is 5.54 Å². The minimum atomic E-state index is -3.29. The highest BCUT2D eigenvalue weighted by Gasteiger charge is 2.44. The molecular formula is C15H29N3O2S. The Balaban J connectivity index is 1.63. The molecule has 21 heavy (non-hydrogen) atoms. The molecule has 3 fully saturated rings. The second-order valence-electron chi connectivity index (χ2n) is 7.54. The Morgan fingerprint density at radius 3 is 2.52 bits per heavy atom. The van der Waals surface area contributed by atoms with Gasteiger partial charge in [0.2, 0.25) is 0 Å². The third-order valence-electron chi connectivity index (χ3n) is 5.18. The van der Waals surface area contributed by atoms with Gasteiger partial charge in [0.05, 0.1) is 0 Å². The molecule has 0 aromatic heterocycles. The van der Waals surface area contributed by atoms with Crippen molar-refractivity contribution in [1.29, 1.82) is 0 Å². The van der Waals surface area contributed by atoms with Crippen molar-refractivity contribution in [3.05, 3.63) is 0 Å². The van der Waals surface area contributed by atoms with E-state index in [2.05, 4.69) is 5.32 Å². The molecular weight excluding hydrogens is 286 g/mol. The standard InChI is InChI=1S/C15H29N3O2S/c1-15(2)8-4-10-18(15)21(19,20)17-9-3-5-13(12-17)11-16-14-6-7-14/h13-14,16H,3-12H2,1-2H3. The van der Waals surface area contributed by atoms with Crippen LogP contribution in [0.4, 0.5) is 0 Å². The fraction of sp³-hybridized carbons (Fsp3) is 1.00. The fourth-order valence-corrected chi connectivity index (χ4v) is 5.79. The minimum Gasteiger partial charge on any atom is -0.314 e. The van der Waals surface area contributed by atoms with Gasteiger partial charge in [-0.05, 0) is 64.8 Å². The van der Waals surface area contributed by atoms with Gasteiger partial charge in [0.25, 0.3) is 10.2 Å². The lowest BCUT2D eigenvalue weighted by atomic mass is 10.00. The average Bonchev–Trinajstić information content (AvgIpc) is 3.19. The summed E-state index contributed by atoms with van der Waals surface area (Å²) in [6.45, 7) is 7.13. The van der Waals surface area contributed by atoms with Crippen molar-refractivity contribution in [2.75, 3.05) is 26.2 Å². The molecule has 0 aromatic carbocycles. The van der Waals surface area contributed by atoms with Gasteiger partial charge in [-0.25, -0.2) is 0 Å². The summed E-state index contributed by atoms with van der Waals surface area (Å²) in [6.07, 6.45) is 6.66. The number of hydrogen-bond acceptors (Lipinski definition) is 3. The molecule has 2 heterocycles. The molecule has 6 heteroatoms. The molecule has 0 amide bonds. The van der Waals surface area contributed by atoms with Gasteiger partial charge in [-0.15, -0.1) is 0 Å². The van der Waals surface area contributed by atoms with Gasteiger partial charge in [0.15, 0.2) is 0 Å². The maximum atomic E-state index is 12.9. The Hall–Kier alpha value is -0.170. The molecule has 1 N–H and O–H groups in total. The monoisotopic (exact) mass is 315 g/mol. The maximum Gasteiger partial charge on any atom is 0.282 e. The van der Waals surface area contributed by atoms with Crippen LogP contribution >= 0.6 is 0 Å². The van der Waals surface area contributed by atoms with Gasteiger partial charge in [0.1, 0.15) is 0 Å². The first-order valence-corrected chi connectivity index (χ1v) is 9.80. The highest BCUT2D eigenvalue weighted by molar-refractivity contribution is 7.86. The molecule has 3 rings (SSSR count). The van der Waals surface area contributed by atoms with Crippen molar-refractivity contribution in [3.8, 4) is 0 Å². The summed E-state index contributed by atoms with van der Waals surface area (Å²) in [4.78, 5) is 0. The third-order valence-corrected chi connectivity index (χ3v) is 7.40. The van der Waals surface area contributed by atoms with Crippen molar-refractivity contribution in [2.45, 2.75) is 64.0 Å². The molecule has 0 spiro atoms. The maximum absolute atomic E-state index is 12.9. The molecule has 0 bridgehead atoms. The summed E-state index contributed by atoms with van der Waals surface area (Å²) in [5.41, 5.74) is -0.224. The number of hydrogen-bond donors (Lipinski definition) is 1. The zero-order valence-electron chi connectivity index (χ0n) is 13.3. The lowest BCUT2D eigenvalue weighted by Crippen LogP contribution is -2.53. The van der Waals surface area contributed by atoms with Crippen LogP contribution in [0.2, 0.25) is 0 Å². The van der Waals surface area contributed by atoms with Crippen LogP contribution in [0.3, 0.4) is 0 Å². The average molecular weight is 315 g/mol. The highest BCUT2D eigenvalue weighted by Crippen LogP contribution is 2.33. The van der Waals surface area contributed by atoms with Gasteiger partial charge in [-0.2, -0.15) is 17.0 Å². The van der Waals surface area contributed by atoms with Crippen LogP contribution in [0.25, 0.3) is 0 Å². The third kappa shape index (κ3) is 3.44. The van der Waals surface area contributed by atoms with Crippen LogP contribution in [-0.4, -0.2) is 54.8 Å². The van der Waals surface area contributed by atoms with Crippen LogP contribution in [0, 0.1) is 5.92 Å². The molecule has 5 nitrogen and oxygen atoms in total. The number of nitrogens with one attached hydrogen (secondary N) is 1. The fourth-order valence-electron chi connectivity index (χ4n) is 3.67. The van der Waals surface area contributed by atoms with Gasteiger partial charge in [-0.3, -0.25) is 0 Å². The number of piperidine rings is 1. The van der Waals surface area contributed by atoms with E-state index < -0.39 is 10.2 Å². The summed E-state index contributed by atoms with van der Waals surface area (Å²) >= 11 is 0. The van der Waals surface area contributed by atoms with Crippen LogP contribution in [-0.2, 0) is 10.2 Å². The van der Waals surface area contributed by atoms with E-state index in [1.54, 1.807) is 8.61 Å². The highest BCUT2D eigenvalue weighted by atomic mass is 32.2. The Morgan fingerprint density at radius 1 is 1.14 bits per heavy atom. The lowest BCUT2D eigenvalue weighted by molar-refractivity contribution is 0.219. The largest absolute Gasteiger partial charge is 0.314 e. The van der Waals surface area contributed by atoms with Crippen molar-refractivity contribution in [3.63, 3.8) is 0 Å². The summed E-state index contributed by atoms with van der Waals surface area (Å²) in [7, 11) is -3.29. The predicted octanol–water partition coefficient (Wildman–Crippen LogP) is 1.57. The molecule has 0 radical (unpaired) electrons. The first-order valence-electron chi connectivity index (χ1n) is 8.41. The first-order chi connectivity index (χ1) is 9.89. The predicted molar refractivity (Wildman–Crippen MR) is 84.3 cm³/mol. The first kappa shape index (κ1) is 15.7. The molecule has 2 aliphatic heterocycles. The Morgan fingerprint density at radius 2 is 1.90 bits per heavy atom. The van der Waals surface area contributed by atoms with E-state index >= 15 is 0 Å². The topological polar surface area (TPSA) is 52.7 Å². The molecule has 1 aliphatic carbocycles. The normalized spacial score (nSPS) is 31.6. The molecule has 2 saturated heterocycles. The lowest BCUT2D eigenvalue weighted by Gasteiger charge is -2.38. The minimum absolute atomic E-state index is 0.224. The number of rotatable bonds is 5. The molecule has 1 saturated carbocycles. The van der Waals surface area contributed by atoms with Gasteiger partial charge < -0.3 is 5.32 Å². The van der Waals surface area contributed by atoms with Gasteiger partial charge in [-0.1, -0.05) is 0 Å². The summed E-state index contributed by atoms with van der Waals surface area (Å²) < 4.78 is 29.3. The van der Waals surface area contributed by atoms with E-state index in [0.29, 0.717) is 31.6 Å². The summed E-state index contributed by atoms with van der Waals surface area (Å²) in [6, 6.07) is 0.703. The molecule has 122 valence electrons. The van der Waals surface area contributed by atoms with Gasteiger partial charge in [0, 0.05) is 31.2 Å². The molecule has 1 atom stereocenters. The molecule has 0 aromatic rings. The Bertz CT molecular complexity index is 473. The van der Waals surface area contributed by atoms with Crippen LogP contribution in [0.1, 0.15) is 52.4 Å². The van der Waals surface area contributed by atoms with Crippen LogP contribution < -0.4 is 5.32 Å². The van der Waals surface area contributed by atoms with E-state index in [1.807, 2.05) is 13.8 Å². The zero-order valence-corrected chi connectivity index (χ0v) is 14.2.